The van der Waals surface area contributed by atoms with Crippen molar-refractivity contribution in [1.82, 2.24) is 60.0 Å². The van der Waals surface area contributed by atoms with Crippen molar-refractivity contribution in [1.29, 1.82) is 0 Å². The smallest absolute Gasteiger partial charge is 0.396 e. The highest BCUT2D eigenvalue weighted by Crippen LogP contribution is 2.39. The number of aliphatic hydroxyl groups excluding tert-OH is 1. The van der Waals surface area contributed by atoms with Crippen LogP contribution in [0.15, 0.2) is 30.4 Å². The van der Waals surface area contributed by atoms with Crippen molar-refractivity contribution >= 4 is 82.5 Å². The van der Waals surface area contributed by atoms with Crippen LogP contribution in [0.1, 0.15) is 235 Å². The second kappa shape index (κ2) is 44.9. The minimum atomic E-state index is -4.79. The SMILES string of the molecule is CC[C@H](C)[C@@H]1NC(=O)[C@H](CC(C)C)N(CC)C(=O)C[C@@H](C(=O)N2CCCCC2)N(CC)C(=O)[C@H](C2CCCCC2)N(CC)C(=O)C2(CCCC2)NC(=O)CN(CC=CCCO)C(=O)[C@H](CCc2ccc(C(F)(F)F)c(Cl)c2)NC(=O)CN(CC)C(=O)[C@H](CC2CCCCC2)N(CC)C(=O)CN(CC)C(=O)CN(CC)C1=O. The maximum Gasteiger partial charge on any atom is 0.417 e. The summed E-state index contributed by atoms with van der Waals surface area (Å²) in [6.07, 6.45) is 9.46. The predicted molar refractivity (Wildman–Crippen MR) is 419 cm³/mol. The number of likely N-dealkylation sites (tertiary alicyclic amines) is 1. The molecule has 2 saturated heterocycles. The van der Waals surface area contributed by atoms with E-state index >= 15 is 47.9 Å². The van der Waals surface area contributed by atoms with Crippen molar-refractivity contribution in [3.05, 3.63) is 46.5 Å². The van der Waals surface area contributed by atoms with E-state index in [1.807, 2.05) is 20.8 Å². The fraction of sp³-hybridized carbons (Fsp3) is 0.756. The van der Waals surface area contributed by atoms with E-state index < -0.39 is 174 Å². The summed E-state index contributed by atoms with van der Waals surface area (Å²) in [4.78, 5) is 198. The lowest BCUT2D eigenvalue weighted by molar-refractivity contribution is -0.159. The van der Waals surface area contributed by atoms with Gasteiger partial charge in [-0.05, 0) is 167 Å². The molecular formula is C82H130ClF3N12O13. The summed E-state index contributed by atoms with van der Waals surface area (Å²) in [5, 5.41) is 18.1. The second-order valence-electron chi connectivity index (χ2n) is 31.4. The van der Waals surface area contributed by atoms with E-state index in [1.165, 1.54) is 40.4 Å². The number of nitrogens with one attached hydrogen (secondary N) is 3. The largest absolute Gasteiger partial charge is 0.417 e. The lowest BCUT2D eigenvalue weighted by atomic mass is 9.81. The molecule has 624 valence electrons. The van der Waals surface area contributed by atoms with E-state index in [4.69, 9.17) is 11.6 Å². The standard InChI is InChI=1S/C82H130ClF3N12O13/c1-12-57(11)72-78(109)92(15-4)54-70(103)90(13-2)55-71(104)96(17-6)65(50-58-34-24-20-25-35-58)76(107)91(14-3)52-67(100)87-63(41-39-59-38-40-61(62(83)49-59)82(84,85)86)75(106)94(46-32-23-33-47-99)53-68(101)89-81(42-28-29-43-81)80(111)98(19-8)73(60-36-26-21-27-37-60)79(110)97(18-7)66(77(108)93-44-30-22-31-45-93)51-69(102)95(16-5)64(48-56(9)10)74(105)88-72/h23,32,38,40,49,56-58,60,63-66,72-73,99H,12-22,24-31,33-37,39,41-48,50-55H2,1-11H3,(H,87,100)(H,88,105)(H,89,101)/t57-,63-,64-,65-,66-,72-,73-/m0/s1. The predicted octanol–water partition coefficient (Wildman–Crippen LogP) is 8.93. The Bertz CT molecular complexity index is 3320. The van der Waals surface area contributed by atoms with E-state index in [9.17, 15) is 27.9 Å². The number of hydrogen-bond acceptors (Lipinski definition) is 13. The van der Waals surface area contributed by atoms with E-state index in [1.54, 1.807) is 72.4 Å². The normalized spacial score (nSPS) is 24.4. The average molecular weight is 1580 g/mol. The van der Waals surface area contributed by atoms with Gasteiger partial charge in [-0.25, -0.2) is 0 Å². The summed E-state index contributed by atoms with van der Waals surface area (Å²) in [5.41, 5.74) is -2.46. The molecule has 1 aromatic carbocycles. The molecule has 0 bridgehead atoms. The van der Waals surface area contributed by atoms with Gasteiger partial charge in [0.1, 0.15) is 41.8 Å². The maximum atomic E-state index is 16.4. The van der Waals surface area contributed by atoms with Gasteiger partial charge in [-0.2, -0.15) is 13.2 Å². The fourth-order valence-corrected chi connectivity index (χ4v) is 17.3. The van der Waals surface area contributed by atoms with Crippen molar-refractivity contribution in [2.75, 3.05) is 98.2 Å². The highest BCUT2D eigenvalue weighted by Gasteiger charge is 2.51. The molecule has 3 saturated carbocycles. The van der Waals surface area contributed by atoms with Gasteiger partial charge in [-0.1, -0.05) is 128 Å². The quantitative estimate of drug-likeness (QED) is 0.0790. The summed E-state index contributed by atoms with van der Waals surface area (Å²) in [7, 11) is 0. The van der Waals surface area contributed by atoms with Crippen LogP contribution in [-0.2, 0) is 70.1 Å². The molecule has 1 aromatic rings. The summed E-state index contributed by atoms with van der Waals surface area (Å²) in [6, 6.07) is -4.54. The topological polar surface area (TPSA) is 290 Å². The second-order valence-corrected chi connectivity index (χ2v) is 31.8. The number of benzene rings is 1. The molecule has 2 aliphatic heterocycles. The number of carbonyl (C=O) groups is 12. The Morgan fingerprint density at radius 3 is 1.73 bits per heavy atom. The van der Waals surface area contributed by atoms with Gasteiger partial charge < -0.3 is 65.2 Å². The number of carbonyl (C=O) groups excluding carboxylic acids is 12. The molecule has 3 aliphatic carbocycles. The number of aliphatic hydroxyl groups is 1. The van der Waals surface area contributed by atoms with Crippen LogP contribution in [0.25, 0.3) is 0 Å². The third kappa shape index (κ3) is 25.3. The maximum absolute atomic E-state index is 16.4. The number of amides is 12. The van der Waals surface area contributed by atoms with Crippen LogP contribution in [0.4, 0.5) is 13.2 Å². The fourth-order valence-electron chi connectivity index (χ4n) is 17.0. The molecule has 5 aliphatic rings. The molecule has 0 aromatic heterocycles. The Balaban J connectivity index is 1.54. The summed E-state index contributed by atoms with van der Waals surface area (Å²) in [6.45, 7) is 17.1. The zero-order valence-electron chi connectivity index (χ0n) is 68.1. The zero-order valence-corrected chi connectivity index (χ0v) is 68.9. The van der Waals surface area contributed by atoms with Crippen LogP contribution in [0, 0.1) is 23.7 Å². The average Bonchev–Trinajstić information content (AvgIpc) is 1.78. The number of nitrogens with zero attached hydrogens (tertiary/aromatic N) is 9. The molecule has 1 spiro atoms. The monoisotopic (exact) mass is 1580 g/mol. The zero-order chi connectivity index (χ0) is 81.9. The Labute approximate surface area is 661 Å². The van der Waals surface area contributed by atoms with Gasteiger partial charge in [0.05, 0.1) is 43.2 Å². The molecule has 25 nitrogen and oxygen atoms in total. The number of alkyl halides is 3. The number of halogens is 4. The van der Waals surface area contributed by atoms with Crippen molar-refractivity contribution in [2.45, 2.75) is 278 Å². The molecule has 0 radical (unpaired) electrons. The molecule has 6 rings (SSSR count). The number of rotatable bonds is 22. The summed E-state index contributed by atoms with van der Waals surface area (Å²) >= 11 is 6.23. The molecular weight excluding hydrogens is 1450 g/mol. The van der Waals surface area contributed by atoms with Crippen molar-refractivity contribution < 1.29 is 75.8 Å². The highest BCUT2D eigenvalue weighted by molar-refractivity contribution is 6.31. The van der Waals surface area contributed by atoms with Gasteiger partial charge >= 0.3 is 6.18 Å². The number of aryl methyl sites for hydroxylation is 1. The molecule has 4 N–H and O–H groups in total. The van der Waals surface area contributed by atoms with Gasteiger partial charge in [0.2, 0.25) is 70.9 Å². The van der Waals surface area contributed by atoms with Gasteiger partial charge in [0.25, 0.3) is 0 Å². The summed E-state index contributed by atoms with van der Waals surface area (Å²) < 4.78 is 42.2. The van der Waals surface area contributed by atoms with E-state index in [2.05, 4.69) is 16.0 Å². The molecule has 7 atom stereocenters. The van der Waals surface area contributed by atoms with Crippen LogP contribution in [0.2, 0.25) is 5.02 Å². The van der Waals surface area contributed by atoms with E-state index in [-0.39, 0.29) is 121 Å². The van der Waals surface area contributed by atoms with Crippen LogP contribution >= 0.6 is 11.6 Å². The van der Waals surface area contributed by atoms with Gasteiger partial charge in [0.15, 0.2) is 0 Å². The molecule has 111 heavy (non-hydrogen) atoms. The van der Waals surface area contributed by atoms with Crippen LogP contribution in [0.3, 0.4) is 0 Å². The minimum absolute atomic E-state index is 0.00424. The molecule has 0 unspecified atom stereocenters. The van der Waals surface area contributed by atoms with Crippen LogP contribution in [-0.4, -0.2) is 260 Å². The molecule has 2 heterocycles. The first-order chi connectivity index (χ1) is 52.9. The Morgan fingerprint density at radius 1 is 0.604 bits per heavy atom. The van der Waals surface area contributed by atoms with E-state index in [0.717, 1.165) is 74.8 Å². The first kappa shape index (κ1) is 92.5. The number of likely N-dealkylation sites (N-methyl/N-ethyl adjacent to an activating group) is 7. The lowest BCUT2D eigenvalue weighted by Gasteiger charge is -2.45. The first-order valence-corrected chi connectivity index (χ1v) is 41.9. The molecule has 12 amide bonds. The lowest BCUT2D eigenvalue weighted by Crippen LogP contribution is -2.66. The van der Waals surface area contributed by atoms with Gasteiger partial charge in [0, 0.05) is 72.1 Å². The number of piperidine rings is 1. The summed E-state index contributed by atoms with van der Waals surface area (Å²) in [5.74, 6) is -8.74. The van der Waals surface area contributed by atoms with Crippen molar-refractivity contribution in [3.8, 4) is 0 Å². The van der Waals surface area contributed by atoms with Crippen LogP contribution < -0.4 is 16.0 Å². The van der Waals surface area contributed by atoms with E-state index in [0.29, 0.717) is 58.0 Å². The highest BCUT2D eigenvalue weighted by atomic mass is 35.5. The van der Waals surface area contributed by atoms with Crippen molar-refractivity contribution in [2.24, 2.45) is 23.7 Å². The third-order valence-corrected chi connectivity index (χ3v) is 23.8. The first-order valence-electron chi connectivity index (χ1n) is 41.6. The minimum Gasteiger partial charge on any atom is -0.396 e. The van der Waals surface area contributed by atoms with Crippen LogP contribution in [0.5, 0.6) is 0 Å². The third-order valence-electron chi connectivity index (χ3n) is 23.5. The van der Waals surface area contributed by atoms with Gasteiger partial charge in [-0.15, -0.1) is 0 Å². The number of hydrogen-bond donors (Lipinski definition) is 4. The molecule has 5 fully saturated rings. The van der Waals surface area contributed by atoms with Crippen molar-refractivity contribution in [3.63, 3.8) is 0 Å². The van der Waals surface area contributed by atoms with Gasteiger partial charge in [-0.3, -0.25) is 57.5 Å². The Morgan fingerprint density at radius 2 is 1.17 bits per heavy atom. The Kier molecular flexibility index (Phi) is 37.4. The molecule has 29 heteroatoms. The Hall–Kier alpha value is -7.36.